The Hall–Kier alpha value is -5.34. The van der Waals surface area contributed by atoms with E-state index >= 15 is 0 Å². The van der Waals surface area contributed by atoms with E-state index in [0.29, 0.717) is 28.7 Å². The summed E-state index contributed by atoms with van der Waals surface area (Å²) in [5.74, 6) is 0.588. The van der Waals surface area contributed by atoms with Gasteiger partial charge in [0.2, 0.25) is 0 Å². The van der Waals surface area contributed by atoms with E-state index in [1.165, 1.54) is 28.9 Å². The van der Waals surface area contributed by atoms with Crippen LogP contribution in [0.15, 0.2) is 107 Å². The monoisotopic (exact) mass is 653 g/mol. The van der Waals surface area contributed by atoms with Gasteiger partial charge in [0.25, 0.3) is 17.5 Å². The van der Waals surface area contributed by atoms with Crippen molar-refractivity contribution in [2.75, 3.05) is 12.9 Å². The lowest BCUT2D eigenvalue weighted by atomic mass is 10.0. The van der Waals surface area contributed by atoms with Gasteiger partial charge in [-0.2, -0.15) is 5.10 Å². The molecule has 0 spiro atoms. The summed E-state index contributed by atoms with van der Waals surface area (Å²) in [7, 11) is 1.60. The van der Waals surface area contributed by atoms with E-state index in [0.717, 1.165) is 21.9 Å². The highest BCUT2D eigenvalue weighted by atomic mass is 32.2. The molecule has 14 heteroatoms. The van der Waals surface area contributed by atoms with E-state index in [-0.39, 0.29) is 35.8 Å². The second kappa shape index (κ2) is 13.7. The summed E-state index contributed by atoms with van der Waals surface area (Å²) in [6.45, 7) is 0.0341. The van der Waals surface area contributed by atoms with Crippen LogP contribution < -0.4 is 10.1 Å². The lowest BCUT2D eigenvalue weighted by molar-refractivity contribution is -0.384. The number of nitro benzene ring substituents is 1. The van der Waals surface area contributed by atoms with Gasteiger partial charge in [0.05, 0.1) is 41.0 Å². The normalized spacial score (nSPS) is 14.2. The molecule has 1 aliphatic heterocycles. The van der Waals surface area contributed by atoms with Crippen LogP contribution in [0, 0.1) is 10.1 Å². The third-order valence-electron chi connectivity index (χ3n) is 7.26. The van der Waals surface area contributed by atoms with Crippen molar-refractivity contribution < 1.29 is 19.2 Å². The maximum atomic E-state index is 13.8. The second-order valence-electron chi connectivity index (χ2n) is 10.1. The lowest BCUT2D eigenvalue weighted by Gasteiger charge is -2.22. The Kier molecular flexibility index (Phi) is 9.17. The average Bonchev–Trinajstić information content (AvgIpc) is 3.87. The zero-order valence-electron chi connectivity index (χ0n) is 24.5. The molecule has 0 bridgehead atoms. The SMILES string of the molecule is COc1ccc(C2CC(c3cccs3)=NN2C(=O)CSc2nnc(CNC(=O)c3ccccc3)n2-c2ccc([N+](=O)[O-])cc2)cc1. The fraction of sp³-hybridized carbons (Fsp3) is 0.156. The molecule has 3 aromatic carbocycles. The fourth-order valence-corrected chi connectivity index (χ4v) is 6.50. The maximum Gasteiger partial charge on any atom is 0.269 e. The smallest absolute Gasteiger partial charge is 0.269 e. The van der Waals surface area contributed by atoms with Crippen LogP contribution in [0.4, 0.5) is 5.69 Å². The molecule has 232 valence electrons. The summed E-state index contributed by atoms with van der Waals surface area (Å²) in [6.07, 6.45) is 0.563. The zero-order valence-corrected chi connectivity index (χ0v) is 26.1. The van der Waals surface area contributed by atoms with Crippen LogP contribution in [0.25, 0.3) is 5.69 Å². The minimum absolute atomic E-state index is 0.00460. The third-order valence-corrected chi connectivity index (χ3v) is 9.09. The number of hydrogen-bond acceptors (Lipinski definition) is 10. The third kappa shape index (κ3) is 6.67. The number of methoxy groups -OCH3 is 1. The van der Waals surface area contributed by atoms with Crippen molar-refractivity contribution in [2.24, 2.45) is 5.10 Å². The summed E-state index contributed by atoms with van der Waals surface area (Å²) < 4.78 is 6.99. The molecular formula is C32H27N7O5S2. The van der Waals surface area contributed by atoms with Crippen molar-refractivity contribution in [3.05, 3.63) is 128 Å². The number of carbonyl (C=O) groups excluding carboxylic acids is 2. The van der Waals surface area contributed by atoms with Gasteiger partial charge in [-0.1, -0.05) is 48.2 Å². The predicted octanol–water partition coefficient (Wildman–Crippen LogP) is 5.65. The Morgan fingerprint density at radius 3 is 2.46 bits per heavy atom. The molecule has 12 nitrogen and oxygen atoms in total. The quantitative estimate of drug-likeness (QED) is 0.109. The maximum absolute atomic E-state index is 13.8. The number of rotatable bonds is 11. The van der Waals surface area contributed by atoms with E-state index in [4.69, 9.17) is 9.84 Å². The van der Waals surface area contributed by atoms with E-state index < -0.39 is 4.92 Å². The number of nitro groups is 1. The average molecular weight is 654 g/mol. The van der Waals surface area contributed by atoms with Gasteiger partial charge in [0, 0.05) is 29.8 Å². The first-order valence-electron chi connectivity index (χ1n) is 14.1. The van der Waals surface area contributed by atoms with Crippen LogP contribution in [-0.4, -0.2) is 55.1 Å². The highest BCUT2D eigenvalue weighted by Gasteiger charge is 2.34. The molecule has 3 heterocycles. The fourth-order valence-electron chi connectivity index (χ4n) is 4.95. The summed E-state index contributed by atoms with van der Waals surface area (Å²) in [6, 6.07) is 25.9. The molecule has 0 saturated heterocycles. The van der Waals surface area contributed by atoms with Crippen LogP contribution >= 0.6 is 23.1 Å². The number of thiophene rings is 1. The van der Waals surface area contributed by atoms with Gasteiger partial charge in [-0.25, -0.2) is 5.01 Å². The molecule has 1 N–H and O–H groups in total. The number of hydrogen-bond donors (Lipinski definition) is 1. The number of thioether (sulfide) groups is 1. The minimum Gasteiger partial charge on any atom is -0.497 e. The predicted molar refractivity (Wildman–Crippen MR) is 174 cm³/mol. The number of benzene rings is 3. The van der Waals surface area contributed by atoms with Crippen LogP contribution in [-0.2, 0) is 11.3 Å². The van der Waals surface area contributed by atoms with Crippen molar-refractivity contribution in [1.82, 2.24) is 25.1 Å². The van der Waals surface area contributed by atoms with Crippen molar-refractivity contribution in [3.8, 4) is 11.4 Å². The van der Waals surface area contributed by atoms with Crippen molar-refractivity contribution in [1.29, 1.82) is 0 Å². The molecule has 5 aromatic rings. The summed E-state index contributed by atoms with van der Waals surface area (Å²) in [5.41, 5.74) is 2.73. The highest BCUT2D eigenvalue weighted by molar-refractivity contribution is 7.99. The standard InChI is InChI=1S/C32H27N7O5S2/c1-44-25-15-9-21(10-16-25)27-18-26(28-8-5-17-45-28)36-38(27)30(40)20-46-32-35-34-29(19-33-31(41)22-6-3-2-4-7-22)37(32)23-11-13-24(14-12-23)39(42)43/h2-17,27H,18-20H2,1H3,(H,33,41). The van der Waals surface area contributed by atoms with E-state index in [1.54, 1.807) is 59.4 Å². The number of hydrazone groups is 1. The van der Waals surface area contributed by atoms with Crippen molar-refractivity contribution in [3.63, 3.8) is 0 Å². The van der Waals surface area contributed by atoms with Crippen LogP contribution in [0.2, 0.25) is 0 Å². The van der Waals surface area contributed by atoms with Crippen molar-refractivity contribution >= 4 is 46.3 Å². The number of nitrogens with zero attached hydrogens (tertiary/aromatic N) is 6. The van der Waals surface area contributed by atoms with Gasteiger partial charge in [-0.15, -0.1) is 21.5 Å². The van der Waals surface area contributed by atoms with E-state index in [9.17, 15) is 19.7 Å². The van der Waals surface area contributed by atoms with Crippen molar-refractivity contribution in [2.45, 2.75) is 24.2 Å². The number of non-ortho nitro benzene ring substituents is 1. The number of amides is 2. The Labute approximate surface area is 271 Å². The number of nitrogens with one attached hydrogen (secondary N) is 1. The molecule has 1 aliphatic rings. The van der Waals surface area contributed by atoms with E-state index in [1.807, 2.05) is 47.8 Å². The molecule has 6 rings (SSSR count). The topological polar surface area (TPSA) is 145 Å². The van der Waals surface area contributed by atoms with Gasteiger partial charge in [-0.3, -0.25) is 24.3 Å². The second-order valence-corrected chi connectivity index (χ2v) is 12.0. The Bertz CT molecular complexity index is 1880. The first kappa shape index (κ1) is 30.7. The molecule has 2 amide bonds. The Morgan fingerprint density at radius 2 is 1.78 bits per heavy atom. The Morgan fingerprint density at radius 1 is 1.02 bits per heavy atom. The Balaban J connectivity index is 1.25. The zero-order chi connectivity index (χ0) is 32.0. The lowest BCUT2D eigenvalue weighted by Crippen LogP contribution is -2.28. The first-order chi connectivity index (χ1) is 22.4. The van der Waals surface area contributed by atoms with Crippen LogP contribution in [0.5, 0.6) is 5.75 Å². The van der Waals surface area contributed by atoms with Gasteiger partial charge in [0.15, 0.2) is 11.0 Å². The number of ether oxygens (including phenoxy) is 1. The van der Waals surface area contributed by atoms with E-state index in [2.05, 4.69) is 15.5 Å². The van der Waals surface area contributed by atoms with Crippen LogP contribution in [0.3, 0.4) is 0 Å². The molecule has 1 atom stereocenters. The minimum atomic E-state index is -0.481. The number of aromatic nitrogens is 3. The van der Waals surface area contributed by atoms with Crippen LogP contribution in [0.1, 0.15) is 39.1 Å². The molecule has 0 radical (unpaired) electrons. The summed E-state index contributed by atoms with van der Waals surface area (Å²) in [5, 5.41) is 31.4. The molecule has 2 aromatic heterocycles. The first-order valence-corrected chi connectivity index (χ1v) is 16.0. The summed E-state index contributed by atoms with van der Waals surface area (Å²) in [4.78, 5) is 38.3. The number of carbonyl (C=O) groups is 2. The molecule has 0 saturated carbocycles. The molecule has 1 unspecified atom stereocenters. The molecule has 46 heavy (non-hydrogen) atoms. The molecule has 0 fully saturated rings. The van der Waals surface area contributed by atoms with Gasteiger partial charge < -0.3 is 10.1 Å². The summed E-state index contributed by atoms with van der Waals surface area (Å²) >= 11 is 2.74. The van der Waals surface area contributed by atoms with Gasteiger partial charge >= 0.3 is 0 Å². The largest absolute Gasteiger partial charge is 0.497 e. The van der Waals surface area contributed by atoms with Gasteiger partial charge in [0.1, 0.15) is 5.75 Å². The molecular weight excluding hydrogens is 627 g/mol. The van der Waals surface area contributed by atoms with Gasteiger partial charge in [-0.05, 0) is 53.4 Å². The molecule has 0 aliphatic carbocycles. The highest BCUT2D eigenvalue weighted by Crippen LogP contribution is 2.35.